The second-order valence-electron chi connectivity index (χ2n) is 6.18. The number of carbonyl (C=O) groups excluding carboxylic acids is 1. The van der Waals surface area contributed by atoms with Crippen molar-refractivity contribution in [1.29, 1.82) is 0 Å². The van der Waals surface area contributed by atoms with Crippen LogP contribution >= 0.6 is 11.6 Å². The molecule has 3 rings (SSSR count). The Morgan fingerprint density at radius 1 is 1.20 bits per heavy atom. The van der Waals surface area contributed by atoms with Crippen molar-refractivity contribution in [2.45, 2.75) is 19.5 Å². The summed E-state index contributed by atoms with van der Waals surface area (Å²) in [5.74, 6) is 1.01. The lowest BCUT2D eigenvalue weighted by atomic mass is 10.1. The lowest BCUT2D eigenvalue weighted by Gasteiger charge is -2.30. The van der Waals surface area contributed by atoms with Gasteiger partial charge in [-0.3, -0.25) is 9.69 Å². The predicted molar refractivity (Wildman–Crippen MR) is 99.9 cm³/mol. The first-order chi connectivity index (χ1) is 12.1. The molecule has 1 fully saturated rings. The molecule has 1 heterocycles. The fraction of sp³-hybridized carbons (Fsp3) is 0.350. The van der Waals surface area contributed by atoms with E-state index in [0.29, 0.717) is 18.1 Å². The van der Waals surface area contributed by atoms with Gasteiger partial charge in [0, 0.05) is 11.6 Å². The number of halogens is 1. The van der Waals surface area contributed by atoms with Gasteiger partial charge in [0.1, 0.15) is 11.9 Å². The fourth-order valence-electron chi connectivity index (χ4n) is 3.32. The van der Waals surface area contributed by atoms with Gasteiger partial charge in [0.05, 0.1) is 13.7 Å². The van der Waals surface area contributed by atoms with Crippen LogP contribution < -0.4 is 4.74 Å². The van der Waals surface area contributed by atoms with E-state index in [4.69, 9.17) is 16.3 Å². The normalized spacial score (nSPS) is 18.0. The Morgan fingerprint density at radius 3 is 2.60 bits per heavy atom. The first-order valence-corrected chi connectivity index (χ1v) is 8.92. The number of nitrogens with zero attached hydrogens (tertiary/aromatic N) is 2. The average molecular weight is 359 g/mol. The number of benzene rings is 2. The molecule has 0 aromatic heterocycles. The van der Waals surface area contributed by atoms with Crippen LogP contribution in [0, 0.1) is 0 Å². The zero-order chi connectivity index (χ0) is 17.8. The van der Waals surface area contributed by atoms with E-state index in [0.717, 1.165) is 24.3 Å². The third-order valence-electron chi connectivity index (χ3n) is 4.65. The number of hydrogen-bond donors (Lipinski definition) is 0. The van der Waals surface area contributed by atoms with Crippen molar-refractivity contribution in [3.05, 3.63) is 64.7 Å². The summed E-state index contributed by atoms with van der Waals surface area (Å²) in [6.45, 7) is 4.04. The molecule has 2 aromatic rings. The van der Waals surface area contributed by atoms with Crippen LogP contribution in [-0.4, -0.2) is 42.5 Å². The van der Waals surface area contributed by atoms with Crippen LogP contribution in [0.15, 0.2) is 48.5 Å². The lowest BCUT2D eigenvalue weighted by molar-refractivity contribution is -0.128. The van der Waals surface area contributed by atoms with Crippen molar-refractivity contribution >= 4 is 17.5 Å². The van der Waals surface area contributed by atoms with Gasteiger partial charge in [-0.2, -0.15) is 0 Å². The first-order valence-electron chi connectivity index (χ1n) is 8.54. The first kappa shape index (κ1) is 17.8. The zero-order valence-electron chi connectivity index (χ0n) is 14.6. The smallest absolute Gasteiger partial charge is 0.238 e. The van der Waals surface area contributed by atoms with E-state index >= 15 is 0 Å². The molecule has 1 aliphatic heterocycles. The van der Waals surface area contributed by atoms with Crippen LogP contribution in [0.4, 0.5) is 0 Å². The maximum absolute atomic E-state index is 12.6. The molecule has 4 nitrogen and oxygen atoms in total. The van der Waals surface area contributed by atoms with Gasteiger partial charge in [0.15, 0.2) is 0 Å². The van der Waals surface area contributed by atoms with Crippen LogP contribution in [0.1, 0.15) is 24.2 Å². The second kappa shape index (κ2) is 7.89. The van der Waals surface area contributed by atoms with Crippen molar-refractivity contribution in [2.24, 2.45) is 0 Å². The summed E-state index contributed by atoms with van der Waals surface area (Å²) in [5, 5.41) is 0.697. The van der Waals surface area contributed by atoms with E-state index < -0.39 is 0 Å². The minimum absolute atomic E-state index is 0.0468. The molecule has 1 saturated heterocycles. The third-order valence-corrected chi connectivity index (χ3v) is 4.89. The Bertz CT molecular complexity index is 733. The molecule has 0 bridgehead atoms. The van der Waals surface area contributed by atoms with Crippen LogP contribution in [0.2, 0.25) is 5.02 Å². The summed E-state index contributed by atoms with van der Waals surface area (Å²) in [6, 6.07) is 15.8. The maximum Gasteiger partial charge on any atom is 0.238 e. The summed E-state index contributed by atoms with van der Waals surface area (Å²) in [6.07, 6.45) is 0.763. The van der Waals surface area contributed by atoms with Gasteiger partial charge >= 0.3 is 0 Å². The monoisotopic (exact) mass is 358 g/mol. The highest BCUT2D eigenvalue weighted by Gasteiger charge is 2.37. The number of rotatable bonds is 6. The Balaban J connectivity index is 1.78. The molecular weight excluding hydrogens is 336 g/mol. The van der Waals surface area contributed by atoms with Gasteiger partial charge in [-0.1, -0.05) is 42.8 Å². The van der Waals surface area contributed by atoms with Crippen molar-refractivity contribution in [2.75, 3.05) is 26.7 Å². The summed E-state index contributed by atoms with van der Waals surface area (Å²) in [5.41, 5.74) is 2.25. The summed E-state index contributed by atoms with van der Waals surface area (Å²) >= 11 is 6.17. The minimum Gasteiger partial charge on any atom is -0.497 e. The van der Waals surface area contributed by atoms with E-state index in [2.05, 4.69) is 11.8 Å². The molecule has 2 aromatic carbocycles. The number of methoxy groups -OCH3 is 1. The number of amides is 1. The highest BCUT2D eigenvalue weighted by atomic mass is 35.5. The number of hydrogen-bond acceptors (Lipinski definition) is 3. The molecule has 5 heteroatoms. The average Bonchev–Trinajstić information content (AvgIpc) is 2.96. The highest BCUT2D eigenvalue weighted by Crippen LogP contribution is 2.32. The Labute approximate surface area is 154 Å². The number of carbonyl (C=O) groups is 1. The van der Waals surface area contributed by atoms with Crippen LogP contribution in [0.25, 0.3) is 0 Å². The van der Waals surface area contributed by atoms with E-state index in [9.17, 15) is 4.79 Å². The zero-order valence-corrected chi connectivity index (χ0v) is 15.4. The van der Waals surface area contributed by atoms with Crippen LogP contribution in [0.3, 0.4) is 0 Å². The summed E-state index contributed by atoms with van der Waals surface area (Å²) in [4.78, 5) is 16.7. The van der Waals surface area contributed by atoms with Crippen LogP contribution in [0.5, 0.6) is 5.75 Å². The molecule has 0 aliphatic carbocycles. The minimum atomic E-state index is -0.0468. The molecule has 25 heavy (non-hydrogen) atoms. The van der Waals surface area contributed by atoms with E-state index in [1.165, 1.54) is 5.56 Å². The van der Waals surface area contributed by atoms with Crippen molar-refractivity contribution < 1.29 is 9.53 Å². The largest absolute Gasteiger partial charge is 0.497 e. The Morgan fingerprint density at radius 2 is 1.96 bits per heavy atom. The molecule has 1 aliphatic rings. The second-order valence-corrected chi connectivity index (χ2v) is 6.61. The van der Waals surface area contributed by atoms with Gasteiger partial charge in [0.2, 0.25) is 5.91 Å². The molecule has 0 radical (unpaired) electrons. The van der Waals surface area contributed by atoms with Crippen molar-refractivity contribution in [1.82, 2.24) is 9.80 Å². The number of ether oxygens (including phenoxy) is 1. The van der Waals surface area contributed by atoms with E-state index in [-0.39, 0.29) is 12.1 Å². The van der Waals surface area contributed by atoms with Gasteiger partial charge in [-0.25, -0.2) is 0 Å². The summed E-state index contributed by atoms with van der Waals surface area (Å²) in [7, 11) is 1.66. The standard InChI is InChI=1S/C20H23ClN2O2/c1-3-22-14-19(24)23(20(22)16-5-4-6-17(21)13-16)12-11-15-7-9-18(25-2)10-8-15/h4-10,13,20H,3,11-12,14H2,1-2H3. The van der Waals surface area contributed by atoms with Gasteiger partial charge in [0.25, 0.3) is 0 Å². The Hall–Kier alpha value is -2.04. The van der Waals surface area contributed by atoms with Gasteiger partial charge in [-0.05, 0) is 48.4 Å². The van der Waals surface area contributed by atoms with Gasteiger partial charge in [-0.15, -0.1) is 0 Å². The van der Waals surface area contributed by atoms with Crippen LogP contribution in [-0.2, 0) is 11.2 Å². The van der Waals surface area contributed by atoms with E-state index in [1.54, 1.807) is 7.11 Å². The molecule has 132 valence electrons. The Kier molecular flexibility index (Phi) is 5.61. The quantitative estimate of drug-likeness (QED) is 0.788. The molecule has 1 atom stereocenters. The molecule has 0 spiro atoms. The third kappa shape index (κ3) is 3.97. The molecule has 1 amide bonds. The van der Waals surface area contributed by atoms with Crippen molar-refractivity contribution in [3.8, 4) is 5.75 Å². The molecule has 1 unspecified atom stereocenters. The SMILES string of the molecule is CCN1CC(=O)N(CCc2ccc(OC)cc2)C1c1cccc(Cl)c1. The van der Waals surface area contributed by atoms with E-state index in [1.807, 2.05) is 53.4 Å². The molecule has 0 N–H and O–H groups in total. The predicted octanol–water partition coefficient (Wildman–Crippen LogP) is 3.75. The van der Waals surface area contributed by atoms with Gasteiger partial charge < -0.3 is 9.64 Å². The topological polar surface area (TPSA) is 32.8 Å². The summed E-state index contributed by atoms with van der Waals surface area (Å²) < 4.78 is 5.20. The fourth-order valence-corrected chi connectivity index (χ4v) is 3.51. The number of likely N-dealkylation sites (N-methyl/N-ethyl adjacent to an activating group) is 1. The lowest BCUT2D eigenvalue weighted by Crippen LogP contribution is -2.33. The molecular formula is C20H23ClN2O2. The molecule has 0 saturated carbocycles. The maximum atomic E-state index is 12.6. The highest BCUT2D eigenvalue weighted by molar-refractivity contribution is 6.30. The van der Waals surface area contributed by atoms with Crippen molar-refractivity contribution in [3.63, 3.8) is 0 Å².